The SMILES string of the molecule is CCOc1cccc(C2C(=C(O)c3c(C)[nH]c(C(=O)OC)c3C)C(=O)C(=O)N2CCN(C)C)c1. The van der Waals surface area contributed by atoms with E-state index < -0.39 is 23.7 Å². The normalized spacial score (nSPS) is 17.5. The van der Waals surface area contributed by atoms with Crippen LogP contribution in [-0.2, 0) is 14.3 Å². The minimum atomic E-state index is -0.810. The van der Waals surface area contributed by atoms with Gasteiger partial charge in [0.1, 0.15) is 17.2 Å². The summed E-state index contributed by atoms with van der Waals surface area (Å²) in [7, 11) is 5.02. The van der Waals surface area contributed by atoms with Crippen LogP contribution in [0.4, 0.5) is 0 Å². The van der Waals surface area contributed by atoms with Crippen LogP contribution < -0.4 is 4.74 Å². The van der Waals surface area contributed by atoms with Crippen LogP contribution in [0.2, 0.25) is 0 Å². The largest absolute Gasteiger partial charge is 0.507 e. The minimum Gasteiger partial charge on any atom is -0.507 e. The molecule has 1 saturated heterocycles. The molecule has 1 aliphatic rings. The summed E-state index contributed by atoms with van der Waals surface area (Å²) in [6, 6.07) is 6.34. The van der Waals surface area contributed by atoms with Gasteiger partial charge < -0.3 is 29.4 Å². The van der Waals surface area contributed by atoms with E-state index in [2.05, 4.69) is 4.98 Å². The van der Waals surface area contributed by atoms with Crippen molar-refractivity contribution < 1.29 is 29.0 Å². The number of likely N-dealkylation sites (tertiary alicyclic amines) is 1. The van der Waals surface area contributed by atoms with Crippen molar-refractivity contribution in [1.82, 2.24) is 14.8 Å². The lowest BCUT2D eigenvalue weighted by Gasteiger charge is -2.27. The molecule has 9 heteroatoms. The Kier molecular flexibility index (Phi) is 7.46. The van der Waals surface area contributed by atoms with Gasteiger partial charge in [-0.05, 0) is 58.1 Å². The van der Waals surface area contributed by atoms with Crippen LogP contribution in [-0.4, -0.2) is 78.5 Å². The van der Waals surface area contributed by atoms with Crippen molar-refractivity contribution in [3.8, 4) is 5.75 Å². The average Bonchev–Trinajstić information content (AvgIpc) is 3.24. The maximum atomic E-state index is 13.2. The summed E-state index contributed by atoms with van der Waals surface area (Å²) in [6.45, 7) is 6.48. The number of aliphatic hydroxyl groups is 1. The first kappa shape index (κ1) is 25.0. The van der Waals surface area contributed by atoms with E-state index in [9.17, 15) is 19.5 Å². The first-order valence-corrected chi connectivity index (χ1v) is 11.1. The van der Waals surface area contributed by atoms with E-state index in [0.29, 0.717) is 41.3 Å². The quantitative estimate of drug-likeness (QED) is 0.265. The van der Waals surface area contributed by atoms with E-state index >= 15 is 0 Å². The standard InChI is InChI=1S/C25H31N3O6/c1-7-34-17-10-8-9-16(13-17)21-19(23(30)24(31)28(21)12-11-27(4)5)22(29)18-14(2)20(25(32)33-6)26-15(18)3/h8-10,13,21,26,29H,7,11-12H2,1-6H3. The van der Waals surface area contributed by atoms with Gasteiger partial charge in [-0.2, -0.15) is 0 Å². The number of Topliss-reactive ketones (excluding diaryl/α,β-unsaturated/α-hetero) is 1. The van der Waals surface area contributed by atoms with Gasteiger partial charge in [0.15, 0.2) is 0 Å². The third kappa shape index (κ3) is 4.56. The molecule has 1 atom stereocenters. The van der Waals surface area contributed by atoms with E-state index in [1.807, 2.05) is 25.9 Å². The van der Waals surface area contributed by atoms with Crippen molar-refractivity contribution >= 4 is 23.4 Å². The topological polar surface area (TPSA) is 112 Å². The molecule has 1 fully saturated rings. The van der Waals surface area contributed by atoms with Crippen LogP contribution in [0.15, 0.2) is 29.8 Å². The Morgan fingerprint density at radius 3 is 2.56 bits per heavy atom. The maximum Gasteiger partial charge on any atom is 0.354 e. The molecule has 1 aromatic heterocycles. The number of H-pyrrole nitrogens is 1. The zero-order valence-electron chi connectivity index (χ0n) is 20.4. The molecule has 1 amide bonds. The molecule has 3 rings (SSSR count). The molecule has 9 nitrogen and oxygen atoms in total. The van der Waals surface area contributed by atoms with Crippen molar-refractivity contribution in [3.05, 3.63) is 57.9 Å². The highest BCUT2D eigenvalue weighted by molar-refractivity contribution is 6.46. The van der Waals surface area contributed by atoms with Gasteiger partial charge >= 0.3 is 5.97 Å². The zero-order valence-corrected chi connectivity index (χ0v) is 20.4. The van der Waals surface area contributed by atoms with E-state index in [1.54, 1.807) is 38.1 Å². The number of carbonyl (C=O) groups excluding carboxylic acids is 3. The summed E-state index contributed by atoms with van der Waals surface area (Å²) in [4.78, 5) is 44.8. The van der Waals surface area contributed by atoms with E-state index in [-0.39, 0.29) is 23.6 Å². The van der Waals surface area contributed by atoms with Gasteiger partial charge in [-0.15, -0.1) is 0 Å². The van der Waals surface area contributed by atoms with E-state index in [1.165, 1.54) is 12.0 Å². The molecule has 182 valence electrons. The number of hydrogen-bond donors (Lipinski definition) is 2. The summed E-state index contributed by atoms with van der Waals surface area (Å²) >= 11 is 0. The summed E-state index contributed by atoms with van der Waals surface area (Å²) in [5.41, 5.74) is 2.01. The fourth-order valence-electron chi connectivity index (χ4n) is 4.25. The second-order valence-corrected chi connectivity index (χ2v) is 8.42. The van der Waals surface area contributed by atoms with Crippen LogP contribution in [0.1, 0.15) is 45.8 Å². The maximum absolute atomic E-state index is 13.2. The van der Waals surface area contributed by atoms with Gasteiger partial charge in [-0.1, -0.05) is 12.1 Å². The summed E-state index contributed by atoms with van der Waals surface area (Å²) in [5.74, 6) is -1.79. The summed E-state index contributed by atoms with van der Waals surface area (Å²) in [6.07, 6.45) is 0. The number of rotatable bonds is 8. The third-order valence-electron chi connectivity index (χ3n) is 5.88. The highest BCUT2D eigenvalue weighted by Crippen LogP contribution is 2.41. The van der Waals surface area contributed by atoms with Gasteiger partial charge in [-0.3, -0.25) is 9.59 Å². The first-order chi connectivity index (χ1) is 16.1. The molecule has 0 bridgehead atoms. The molecular formula is C25H31N3O6. The number of nitrogens with one attached hydrogen (secondary N) is 1. The highest BCUT2D eigenvalue weighted by atomic mass is 16.5. The van der Waals surface area contributed by atoms with Gasteiger partial charge in [0, 0.05) is 24.3 Å². The second-order valence-electron chi connectivity index (χ2n) is 8.42. The molecule has 2 N–H and O–H groups in total. The van der Waals surface area contributed by atoms with Crippen molar-refractivity contribution in [1.29, 1.82) is 0 Å². The Bertz CT molecular complexity index is 1150. The number of aromatic amines is 1. The van der Waals surface area contributed by atoms with Crippen LogP contribution in [0.3, 0.4) is 0 Å². The molecular weight excluding hydrogens is 438 g/mol. The number of aliphatic hydroxyl groups excluding tert-OH is 1. The van der Waals surface area contributed by atoms with Crippen LogP contribution in [0.5, 0.6) is 5.75 Å². The number of aromatic nitrogens is 1. The Morgan fingerprint density at radius 1 is 1.24 bits per heavy atom. The van der Waals surface area contributed by atoms with Crippen LogP contribution in [0.25, 0.3) is 5.76 Å². The van der Waals surface area contributed by atoms with Gasteiger partial charge in [0.2, 0.25) is 0 Å². The number of nitrogens with zero attached hydrogens (tertiary/aromatic N) is 2. The number of likely N-dealkylation sites (N-methyl/N-ethyl adjacent to an activating group) is 1. The monoisotopic (exact) mass is 469 g/mol. The van der Waals surface area contributed by atoms with Gasteiger partial charge in [0.05, 0.1) is 25.3 Å². The molecule has 0 saturated carbocycles. The molecule has 1 unspecified atom stereocenters. The number of methoxy groups -OCH3 is 1. The molecule has 0 spiro atoms. The van der Waals surface area contributed by atoms with Crippen LogP contribution in [0, 0.1) is 13.8 Å². The summed E-state index contributed by atoms with van der Waals surface area (Å²) < 4.78 is 10.4. The molecule has 2 heterocycles. The van der Waals surface area contributed by atoms with Crippen molar-refractivity contribution in [2.75, 3.05) is 40.9 Å². The van der Waals surface area contributed by atoms with E-state index in [0.717, 1.165) is 0 Å². The molecule has 0 aliphatic carbocycles. The molecule has 1 aromatic carbocycles. The Hall–Kier alpha value is -3.59. The number of esters is 1. The minimum absolute atomic E-state index is 0.0287. The molecule has 34 heavy (non-hydrogen) atoms. The Balaban J connectivity index is 2.22. The van der Waals surface area contributed by atoms with Crippen LogP contribution >= 0.6 is 0 Å². The first-order valence-electron chi connectivity index (χ1n) is 11.1. The highest BCUT2D eigenvalue weighted by Gasteiger charge is 2.46. The number of benzene rings is 1. The lowest BCUT2D eigenvalue weighted by Crippen LogP contribution is -2.35. The smallest absolute Gasteiger partial charge is 0.354 e. The molecule has 1 aliphatic heterocycles. The Labute approximate surface area is 199 Å². The fourth-order valence-corrected chi connectivity index (χ4v) is 4.25. The molecule has 0 radical (unpaired) electrons. The number of ether oxygens (including phenoxy) is 2. The van der Waals surface area contributed by atoms with Crippen molar-refractivity contribution in [2.24, 2.45) is 0 Å². The lowest BCUT2D eigenvalue weighted by molar-refractivity contribution is -0.140. The number of aryl methyl sites for hydroxylation is 1. The second kappa shape index (κ2) is 10.1. The number of ketones is 1. The number of amides is 1. The fraction of sp³-hybridized carbons (Fsp3) is 0.400. The van der Waals surface area contributed by atoms with E-state index in [4.69, 9.17) is 9.47 Å². The lowest BCUT2D eigenvalue weighted by atomic mass is 9.94. The van der Waals surface area contributed by atoms with Gasteiger partial charge in [0.25, 0.3) is 11.7 Å². The average molecular weight is 470 g/mol. The zero-order chi connectivity index (χ0) is 25.2. The van der Waals surface area contributed by atoms with Gasteiger partial charge in [-0.25, -0.2) is 4.79 Å². The third-order valence-corrected chi connectivity index (χ3v) is 5.88. The van der Waals surface area contributed by atoms with Crippen molar-refractivity contribution in [2.45, 2.75) is 26.8 Å². The molecule has 2 aromatic rings. The number of carbonyl (C=O) groups is 3. The summed E-state index contributed by atoms with van der Waals surface area (Å²) in [5, 5.41) is 11.4. The number of hydrogen-bond acceptors (Lipinski definition) is 7. The van der Waals surface area contributed by atoms with Crippen molar-refractivity contribution in [3.63, 3.8) is 0 Å². The predicted octanol–water partition coefficient (Wildman–Crippen LogP) is 2.80. The predicted molar refractivity (Wildman–Crippen MR) is 127 cm³/mol. The Morgan fingerprint density at radius 2 is 1.94 bits per heavy atom.